The molecule has 1 unspecified atom stereocenters. The normalized spacial score (nSPS) is 13.0. The van der Waals surface area contributed by atoms with Crippen molar-refractivity contribution in [3.05, 3.63) is 29.8 Å². The maximum atomic E-state index is 11.5. The number of carbonyl (C=O) groups is 1. The number of ether oxygens (including phenoxy) is 1. The molecule has 1 aromatic carbocycles. The lowest BCUT2D eigenvalue weighted by molar-refractivity contribution is 0.00905. The molecule has 0 saturated carbocycles. The molecule has 0 fully saturated rings. The van der Waals surface area contributed by atoms with Crippen molar-refractivity contribution in [3.8, 4) is 5.75 Å². The van der Waals surface area contributed by atoms with Gasteiger partial charge in [0.1, 0.15) is 18.5 Å². The van der Waals surface area contributed by atoms with Gasteiger partial charge in [0.2, 0.25) is 0 Å². The third kappa shape index (κ3) is 6.32. The molecular formula is C10H13O8P. The molecule has 0 heterocycles. The fourth-order valence-electron chi connectivity index (χ4n) is 1.12. The number of phosphoric ester groups is 1. The van der Waals surface area contributed by atoms with Crippen LogP contribution in [-0.2, 0) is 13.8 Å². The molecule has 0 radical (unpaired) electrons. The average molecular weight is 292 g/mol. The fraction of sp³-hybridized carbons (Fsp3) is 0.300. The predicted octanol–water partition coefficient (Wildman–Crippen LogP) is 0.0192. The minimum atomic E-state index is -4.67. The first kappa shape index (κ1) is 15.6. The molecule has 106 valence electrons. The van der Waals surface area contributed by atoms with E-state index >= 15 is 0 Å². The standard InChI is InChI=1S/C10H13O8P/c11-8-3-1-2-7(4-8)10(13)17-5-9(12)6-18-19(14,15)16/h1-4,9,11-12H,5-6H2,(H2,14,15,16). The van der Waals surface area contributed by atoms with Crippen LogP contribution in [0.4, 0.5) is 0 Å². The molecule has 0 aromatic heterocycles. The fourth-order valence-corrected chi connectivity index (χ4v) is 1.49. The van der Waals surface area contributed by atoms with Crippen LogP contribution in [0.5, 0.6) is 5.75 Å². The highest BCUT2D eigenvalue weighted by atomic mass is 31.2. The highest BCUT2D eigenvalue weighted by Crippen LogP contribution is 2.35. The van der Waals surface area contributed by atoms with E-state index in [2.05, 4.69) is 9.26 Å². The Kier molecular flexibility index (Phi) is 5.46. The second kappa shape index (κ2) is 6.65. The Bertz CT molecular complexity index is 482. The minimum absolute atomic E-state index is 0.0862. The van der Waals surface area contributed by atoms with Crippen LogP contribution in [0.1, 0.15) is 10.4 Å². The number of carbonyl (C=O) groups excluding carboxylic acids is 1. The van der Waals surface area contributed by atoms with Gasteiger partial charge in [-0.3, -0.25) is 4.52 Å². The molecule has 1 atom stereocenters. The number of hydrogen-bond donors (Lipinski definition) is 4. The molecule has 0 aliphatic heterocycles. The van der Waals surface area contributed by atoms with Gasteiger partial charge in [0, 0.05) is 0 Å². The summed E-state index contributed by atoms with van der Waals surface area (Å²) in [6.45, 7) is -1.16. The number of aromatic hydroxyl groups is 1. The van der Waals surface area contributed by atoms with Crippen LogP contribution < -0.4 is 0 Å². The molecule has 0 spiro atoms. The second-order valence-electron chi connectivity index (χ2n) is 3.59. The summed E-state index contributed by atoms with van der Waals surface area (Å²) in [5, 5.41) is 18.4. The second-order valence-corrected chi connectivity index (χ2v) is 4.83. The Balaban J connectivity index is 2.40. The Morgan fingerprint density at radius 3 is 2.58 bits per heavy atom. The SMILES string of the molecule is O=C(OCC(O)COP(=O)(O)O)c1cccc(O)c1. The van der Waals surface area contributed by atoms with E-state index in [4.69, 9.17) is 14.9 Å². The van der Waals surface area contributed by atoms with Crippen LogP contribution in [0.25, 0.3) is 0 Å². The zero-order valence-corrected chi connectivity index (χ0v) is 10.6. The molecule has 0 amide bonds. The van der Waals surface area contributed by atoms with Crippen molar-refractivity contribution in [2.45, 2.75) is 6.10 Å². The highest BCUT2D eigenvalue weighted by Gasteiger charge is 2.18. The van der Waals surface area contributed by atoms with E-state index in [1.807, 2.05) is 0 Å². The number of phosphoric acid groups is 1. The number of esters is 1. The summed E-state index contributed by atoms with van der Waals surface area (Å²) in [5.41, 5.74) is 0.0862. The molecule has 0 bridgehead atoms. The van der Waals surface area contributed by atoms with Crippen molar-refractivity contribution in [3.63, 3.8) is 0 Å². The van der Waals surface area contributed by atoms with E-state index in [0.717, 1.165) is 0 Å². The number of rotatable bonds is 6. The van der Waals surface area contributed by atoms with Crippen LogP contribution in [0.15, 0.2) is 24.3 Å². The van der Waals surface area contributed by atoms with Crippen molar-refractivity contribution in [2.24, 2.45) is 0 Å². The van der Waals surface area contributed by atoms with Crippen molar-refractivity contribution in [1.82, 2.24) is 0 Å². The summed E-state index contributed by atoms with van der Waals surface area (Å²) >= 11 is 0. The van der Waals surface area contributed by atoms with Crippen LogP contribution in [0, 0.1) is 0 Å². The third-order valence-corrected chi connectivity index (χ3v) is 2.41. The molecule has 0 saturated heterocycles. The van der Waals surface area contributed by atoms with Crippen molar-refractivity contribution >= 4 is 13.8 Å². The molecule has 1 rings (SSSR count). The molecule has 0 aliphatic rings. The quantitative estimate of drug-likeness (QED) is 0.426. The van der Waals surface area contributed by atoms with Gasteiger partial charge in [0.25, 0.3) is 0 Å². The molecule has 0 aliphatic carbocycles. The van der Waals surface area contributed by atoms with E-state index in [-0.39, 0.29) is 11.3 Å². The molecular weight excluding hydrogens is 279 g/mol. The van der Waals surface area contributed by atoms with E-state index in [0.29, 0.717) is 0 Å². The summed E-state index contributed by atoms with van der Waals surface area (Å²) in [6, 6.07) is 5.40. The summed E-state index contributed by atoms with van der Waals surface area (Å²) < 4.78 is 19.1. The van der Waals surface area contributed by atoms with Gasteiger partial charge in [-0.15, -0.1) is 0 Å². The number of hydrogen-bond acceptors (Lipinski definition) is 6. The van der Waals surface area contributed by atoms with Crippen LogP contribution in [0.2, 0.25) is 0 Å². The van der Waals surface area contributed by atoms with Gasteiger partial charge in [-0.25, -0.2) is 9.36 Å². The summed E-state index contributed by atoms with van der Waals surface area (Å²) in [6.07, 6.45) is -1.37. The van der Waals surface area contributed by atoms with Gasteiger partial charge in [-0.1, -0.05) is 6.07 Å². The smallest absolute Gasteiger partial charge is 0.469 e. The molecule has 9 heteroatoms. The molecule has 8 nitrogen and oxygen atoms in total. The molecule has 19 heavy (non-hydrogen) atoms. The number of benzene rings is 1. The van der Waals surface area contributed by atoms with Gasteiger partial charge in [0.15, 0.2) is 0 Å². The number of aliphatic hydroxyl groups excluding tert-OH is 1. The van der Waals surface area contributed by atoms with E-state index < -0.39 is 33.1 Å². The Morgan fingerprint density at radius 2 is 2.00 bits per heavy atom. The van der Waals surface area contributed by atoms with Crippen molar-refractivity contribution in [2.75, 3.05) is 13.2 Å². The Morgan fingerprint density at radius 1 is 1.32 bits per heavy atom. The first-order valence-corrected chi connectivity index (χ1v) is 6.65. The molecule has 1 aromatic rings. The summed E-state index contributed by atoms with van der Waals surface area (Å²) in [5.74, 6) is -0.897. The number of phenols is 1. The van der Waals surface area contributed by atoms with Crippen molar-refractivity contribution < 1.29 is 38.6 Å². The average Bonchev–Trinajstić information content (AvgIpc) is 2.32. The lowest BCUT2D eigenvalue weighted by atomic mass is 10.2. The van der Waals surface area contributed by atoms with Crippen molar-refractivity contribution in [1.29, 1.82) is 0 Å². The zero-order chi connectivity index (χ0) is 14.5. The highest BCUT2D eigenvalue weighted by molar-refractivity contribution is 7.46. The van der Waals surface area contributed by atoms with Crippen LogP contribution in [-0.4, -0.2) is 45.3 Å². The first-order chi connectivity index (χ1) is 8.78. The third-order valence-electron chi connectivity index (χ3n) is 1.92. The number of phenolic OH excluding ortho intramolecular Hbond substituents is 1. The first-order valence-electron chi connectivity index (χ1n) is 5.12. The van der Waals surface area contributed by atoms with E-state index in [1.54, 1.807) is 0 Å². The van der Waals surface area contributed by atoms with Gasteiger partial charge in [0.05, 0.1) is 12.2 Å². The Labute approximate surface area is 108 Å². The van der Waals surface area contributed by atoms with Crippen LogP contribution in [0.3, 0.4) is 0 Å². The Hall–Kier alpha value is -1.44. The summed E-state index contributed by atoms with van der Waals surface area (Å²) in [7, 11) is -4.67. The topological polar surface area (TPSA) is 134 Å². The van der Waals surface area contributed by atoms with Gasteiger partial charge in [-0.2, -0.15) is 0 Å². The van der Waals surface area contributed by atoms with E-state index in [9.17, 15) is 14.5 Å². The van der Waals surface area contributed by atoms with Crippen LogP contribution >= 0.6 is 7.82 Å². The monoisotopic (exact) mass is 292 g/mol. The van der Waals surface area contributed by atoms with Gasteiger partial charge >= 0.3 is 13.8 Å². The van der Waals surface area contributed by atoms with E-state index in [1.165, 1.54) is 24.3 Å². The van der Waals surface area contributed by atoms with Gasteiger partial charge in [-0.05, 0) is 18.2 Å². The maximum absolute atomic E-state index is 11.5. The largest absolute Gasteiger partial charge is 0.508 e. The lowest BCUT2D eigenvalue weighted by Crippen LogP contribution is -2.23. The zero-order valence-electron chi connectivity index (χ0n) is 9.67. The minimum Gasteiger partial charge on any atom is -0.508 e. The number of aliphatic hydroxyl groups is 1. The lowest BCUT2D eigenvalue weighted by Gasteiger charge is -2.12. The maximum Gasteiger partial charge on any atom is 0.469 e. The van der Waals surface area contributed by atoms with Gasteiger partial charge < -0.3 is 24.7 Å². The summed E-state index contributed by atoms with van der Waals surface area (Å²) in [4.78, 5) is 28.3. The predicted molar refractivity (Wildman–Crippen MR) is 62.4 cm³/mol. The molecule has 4 N–H and O–H groups in total.